The van der Waals surface area contributed by atoms with Gasteiger partial charge in [-0.25, -0.2) is 23.5 Å². The van der Waals surface area contributed by atoms with Gasteiger partial charge in [-0.15, -0.1) is 0 Å². The second kappa shape index (κ2) is 12.2. The average Bonchev–Trinajstić information content (AvgIpc) is 3.81. The molecule has 0 spiro atoms. The van der Waals surface area contributed by atoms with E-state index in [2.05, 4.69) is 4.98 Å². The lowest BCUT2D eigenvalue weighted by atomic mass is 10.0. The fourth-order valence-corrected chi connectivity index (χ4v) is 5.41. The van der Waals surface area contributed by atoms with Crippen molar-refractivity contribution in [1.29, 1.82) is 5.26 Å². The molecule has 1 aliphatic rings. The van der Waals surface area contributed by atoms with E-state index in [1.807, 2.05) is 10.6 Å². The van der Waals surface area contributed by atoms with Crippen molar-refractivity contribution in [3.63, 3.8) is 0 Å². The van der Waals surface area contributed by atoms with Crippen molar-refractivity contribution in [3.8, 4) is 23.2 Å². The molecule has 2 aromatic heterocycles. The number of imidazole rings is 1. The van der Waals surface area contributed by atoms with E-state index >= 15 is 4.39 Å². The quantitative estimate of drug-likeness (QED) is 0.181. The summed E-state index contributed by atoms with van der Waals surface area (Å²) in [6, 6.07) is 20.8. The molecule has 3 aromatic carbocycles. The van der Waals surface area contributed by atoms with E-state index in [0.717, 1.165) is 18.9 Å². The van der Waals surface area contributed by atoms with Gasteiger partial charge in [0.2, 0.25) is 5.88 Å². The van der Waals surface area contributed by atoms with E-state index in [4.69, 9.17) is 19.7 Å². The van der Waals surface area contributed by atoms with Crippen LogP contribution in [0.5, 0.6) is 5.88 Å². The Morgan fingerprint density at radius 2 is 1.84 bits per heavy atom. The summed E-state index contributed by atoms with van der Waals surface area (Å²) in [5.41, 5.74) is 3.45. The Labute approximate surface area is 252 Å². The highest BCUT2D eigenvalue weighted by Crippen LogP contribution is 2.42. The zero-order valence-electron chi connectivity index (χ0n) is 23.8. The van der Waals surface area contributed by atoms with Crippen molar-refractivity contribution < 1.29 is 28.2 Å². The highest BCUT2D eigenvalue weighted by molar-refractivity contribution is 5.92. The number of aromatic carboxylic acids is 1. The molecule has 10 heteroatoms. The number of hydrogen-bond acceptors (Lipinski definition) is 6. The Morgan fingerprint density at radius 1 is 1.05 bits per heavy atom. The minimum absolute atomic E-state index is 0.0453. The van der Waals surface area contributed by atoms with Gasteiger partial charge in [0, 0.05) is 30.7 Å². The fourth-order valence-electron chi connectivity index (χ4n) is 5.41. The Hall–Kier alpha value is -5.14. The van der Waals surface area contributed by atoms with E-state index in [-0.39, 0.29) is 41.6 Å². The van der Waals surface area contributed by atoms with E-state index in [9.17, 15) is 14.3 Å². The number of aromatic nitrogens is 3. The molecular formula is C34H28F2N4O4. The molecule has 1 N–H and O–H groups in total. The molecule has 0 aliphatic heterocycles. The number of carboxylic acid groups (broad SMARTS) is 1. The lowest BCUT2D eigenvalue weighted by Gasteiger charge is -2.21. The first kappa shape index (κ1) is 29.0. The number of hydrogen-bond donors (Lipinski definition) is 1. The van der Waals surface area contributed by atoms with Gasteiger partial charge < -0.3 is 19.1 Å². The molecule has 1 atom stereocenters. The van der Waals surface area contributed by atoms with E-state index in [1.54, 1.807) is 49.6 Å². The number of nitriles is 1. The molecule has 44 heavy (non-hydrogen) atoms. The molecule has 1 saturated carbocycles. The molecule has 5 aromatic rings. The van der Waals surface area contributed by atoms with Gasteiger partial charge in [0.25, 0.3) is 0 Å². The molecule has 0 radical (unpaired) electrons. The molecule has 2 heterocycles. The van der Waals surface area contributed by atoms with Crippen molar-refractivity contribution in [2.45, 2.75) is 31.9 Å². The van der Waals surface area contributed by atoms with Crippen molar-refractivity contribution >= 4 is 17.0 Å². The highest BCUT2D eigenvalue weighted by Gasteiger charge is 2.35. The van der Waals surface area contributed by atoms with Gasteiger partial charge in [0.05, 0.1) is 46.6 Å². The molecule has 0 amide bonds. The smallest absolute Gasteiger partial charge is 0.335 e. The molecule has 8 nitrogen and oxygen atoms in total. The normalized spacial score (nSPS) is 13.5. The predicted molar refractivity (Wildman–Crippen MR) is 158 cm³/mol. The monoisotopic (exact) mass is 594 g/mol. The maximum Gasteiger partial charge on any atom is 0.335 e. The largest absolute Gasteiger partial charge is 0.478 e. The Morgan fingerprint density at radius 3 is 2.55 bits per heavy atom. The summed E-state index contributed by atoms with van der Waals surface area (Å²) in [7, 11) is 1.63. The number of methoxy groups -OCH3 is 1. The number of carboxylic acids is 1. The molecule has 0 bridgehead atoms. The van der Waals surface area contributed by atoms with Gasteiger partial charge in [-0.05, 0) is 66.8 Å². The molecule has 1 unspecified atom stereocenters. The molecule has 6 rings (SSSR count). The van der Waals surface area contributed by atoms with Crippen LogP contribution < -0.4 is 4.74 Å². The summed E-state index contributed by atoms with van der Waals surface area (Å²) in [5.74, 6) is -0.752. The van der Waals surface area contributed by atoms with E-state index in [0.29, 0.717) is 46.2 Å². The molecule has 1 fully saturated rings. The van der Waals surface area contributed by atoms with Crippen LogP contribution in [0.4, 0.5) is 8.78 Å². The van der Waals surface area contributed by atoms with Crippen LogP contribution >= 0.6 is 0 Å². The third-order valence-electron chi connectivity index (χ3n) is 7.82. The molecule has 222 valence electrons. The number of pyridine rings is 1. The maximum atomic E-state index is 15.6. The second-order valence-electron chi connectivity index (χ2n) is 10.8. The minimum atomic E-state index is -1.03. The second-order valence-corrected chi connectivity index (χ2v) is 10.8. The van der Waals surface area contributed by atoms with Crippen LogP contribution in [-0.2, 0) is 17.8 Å². The Bertz CT molecular complexity index is 1910. The van der Waals surface area contributed by atoms with Crippen LogP contribution in [0.3, 0.4) is 0 Å². The number of ether oxygens (including phenoxy) is 2. The number of carbonyl (C=O) groups is 1. The number of rotatable bonds is 11. The van der Waals surface area contributed by atoms with E-state index < -0.39 is 17.6 Å². The van der Waals surface area contributed by atoms with Gasteiger partial charge in [0.15, 0.2) is 0 Å². The van der Waals surface area contributed by atoms with E-state index in [1.165, 1.54) is 24.3 Å². The Balaban J connectivity index is 1.26. The van der Waals surface area contributed by atoms with Crippen LogP contribution in [0.15, 0.2) is 72.8 Å². The van der Waals surface area contributed by atoms with Crippen LogP contribution in [0.1, 0.15) is 51.8 Å². The third-order valence-corrected chi connectivity index (χ3v) is 7.82. The first-order valence-electron chi connectivity index (χ1n) is 14.1. The van der Waals surface area contributed by atoms with Crippen molar-refractivity contribution in [2.24, 2.45) is 5.92 Å². The first-order valence-corrected chi connectivity index (χ1v) is 14.1. The summed E-state index contributed by atoms with van der Waals surface area (Å²) in [6.07, 6.45) is 2.27. The average molecular weight is 595 g/mol. The lowest BCUT2D eigenvalue weighted by Crippen LogP contribution is -2.19. The topological polar surface area (TPSA) is 110 Å². The molecule has 0 saturated heterocycles. The maximum absolute atomic E-state index is 15.6. The number of fused-ring (bicyclic) bond motifs is 1. The zero-order chi connectivity index (χ0) is 30.8. The summed E-state index contributed by atoms with van der Waals surface area (Å²) >= 11 is 0. The van der Waals surface area contributed by atoms with Gasteiger partial charge in [-0.1, -0.05) is 24.3 Å². The molecular weight excluding hydrogens is 566 g/mol. The minimum Gasteiger partial charge on any atom is -0.478 e. The predicted octanol–water partition coefficient (Wildman–Crippen LogP) is 6.71. The SMILES string of the molecule is COCC(C1CC1)n1c(Cc2ccc(-c3cccc(OCc4ccc(C#N)cc4F)n3)cc2F)nc2ccc(C(=O)O)cc21. The number of benzene rings is 3. The number of halogens is 2. The summed E-state index contributed by atoms with van der Waals surface area (Å²) in [4.78, 5) is 21.0. The summed E-state index contributed by atoms with van der Waals surface area (Å²) in [6.45, 7) is 0.352. The van der Waals surface area contributed by atoms with Crippen molar-refractivity contribution in [2.75, 3.05) is 13.7 Å². The van der Waals surface area contributed by atoms with Crippen LogP contribution in [0.25, 0.3) is 22.3 Å². The fraction of sp³-hybridized carbons (Fsp3) is 0.235. The first-order chi connectivity index (χ1) is 21.3. The van der Waals surface area contributed by atoms with Gasteiger partial charge in [0.1, 0.15) is 24.1 Å². The van der Waals surface area contributed by atoms with Crippen LogP contribution in [0, 0.1) is 28.9 Å². The number of nitrogens with zero attached hydrogens (tertiary/aromatic N) is 4. The van der Waals surface area contributed by atoms with Crippen LogP contribution in [0.2, 0.25) is 0 Å². The lowest BCUT2D eigenvalue weighted by molar-refractivity contribution is 0.0697. The van der Waals surface area contributed by atoms with Crippen molar-refractivity contribution in [3.05, 3.63) is 113 Å². The van der Waals surface area contributed by atoms with Gasteiger partial charge >= 0.3 is 5.97 Å². The standard InChI is InChI=1S/C34H28F2N4O4/c1-43-19-31(21-7-8-21)40-30-15-24(34(41)42)11-12-29(30)38-32(40)16-22-9-10-23(14-27(22)36)28-3-2-4-33(39-28)44-18-25-6-5-20(17-37)13-26(25)35/h2-6,9-15,21,31H,7-8,16,18-19H2,1H3,(H,41,42). The summed E-state index contributed by atoms with van der Waals surface area (Å²) < 4.78 is 43.1. The highest BCUT2D eigenvalue weighted by atomic mass is 19.1. The van der Waals surface area contributed by atoms with Crippen LogP contribution in [-0.4, -0.2) is 39.3 Å². The van der Waals surface area contributed by atoms with Gasteiger partial charge in [-0.3, -0.25) is 0 Å². The Kier molecular flexibility index (Phi) is 8.05. The zero-order valence-corrected chi connectivity index (χ0v) is 23.8. The van der Waals surface area contributed by atoms with Crippen molar-refractivity contribution in [1.82, 2.24) is 14.5 Å². The third kappa shape index (κ3) is 6.00. The molecule has 1 aliphatic carbocycles. The van der Waals surface area contributed by atoms with Gasteiger partial charge in [-0.2, -0.15) is 5.26 Å². The summed E-state index contributed by atoms with van der Waals surface area (Å²) in [5, 5.41) is 18.5.